The van der Waals surface area contributed by atoms with Crippen LogP contribution in [0.1, 0.15) is 0 Å². The Balaban J connectivity index is 0.000000126. The fourth-order valence-electron chi connectivity index (χ4n) is 13.0. The first-order valence-corrected chi connectivity index (χ1v) is 26.6. The molecule has 0 atom stereocenters. The molecule has 364 valence electrons. The molecule has 18 aromatic rings. The van der Waals surface area contributed by atoms with E-state index in [1.165, 1.54) is 87.7 Å². The fraction of sp³-hybridized carbons (Fsp3) is 0. The van der Waals surface area contributed by atoms with Crippen LogP contribution in [0, 0.1) is 0 Å². The maximum absolute atomic E-state index is 6.49. The Hall–Kier alpha value is -10.6. The summed E-state index contributed by atoms with van der Waals surface area (Å²) in [5.74, 6) is 0. The van der Waals surface area contributed by atoms with Crippen molar-refractivity contribution in [3.8, 4) is 22.7 Å². The van der Waals surface area contributed by atoms with Gasteiger partial charge in [-0.25, -0.2) is 0 Å². The van der Waals surface area contributed by atoms with Crippen LogP contribution in [0.5, 0.6) is 0 Å². The van der Waals surface area contributed by atoms with Gasteiger partial charge in [0.05, 0.1) is 54.9 Å². The molecule has 0 N–H and O–H groups in total. The van der Waals surface area contributed by atoms with Crippen molar-refractivity contribution in [2.24, 2.45) is 0 Å². The van der Waals surface area contributed by atoms with Crippen LogP contribution >= 0.6 is 0 Å². The lowest BCUT2D eigenvalue weighted by atomic mass is 10.1. The highest BCUT2D eigenvalue weighted by atomic mass is 16.3. The maximum Gasteiger partial charge on any atom is 0.145 e. The summed E-state index contributed by atoms with van der Waals surface area (Å²) in [7, 11) is 0. The van der Waals surface area contributed by atoms with Gasteiger partial charge in [-0.3, -0.25) is 0 Å². The summed E-state index contributed by atoms with van der Waals surface area (Å²) in [4.78, 5) is 0. The molecule has 12 aromatic carbocycles. The lowest BCUT2D eigenvalue weighted by Gasteiger charge is -2.11. The molecule has 0 aliphatic heterocycles. The first-order valence-electron chi connectivity index (χ1n) is 26.6. The number of para-hydroxylation sites is 8. The Morgan fingerprint density at radius 1 is 0.205 bits per heavy atom. The van der Waals surface area contributed by atoms with Crippen LogP contribution in [0.3, 0.4) is 0 Å². The average Bonchev–Trinajstić information content (AvgIpc) is 4.53. The van der Waals surface area contributed by atoms with Gasteiger partial charge in [-0.1, -0.05) is 146 Å². The van der Waals surface area contributed by atoms with Crippen molar-refractivity contribution in [3.63, 3.8) is 0 Å². The van der Waals surface area contributed by atoms with Gasteiger partial charge < -0.3 is 27.1 Å². The van der Waals surface area contributed by atoms with E-state index in [0.717, 1.165) is 66.2 Å². The zero-order valence-electron chi connectivity index (χ0n) is 42.0. The van der Waals surface area contributed by atoms with Gasteiger partial charge in [-0.15, -0.1) is 0 Å². The largest absolute Gasteiger partial charge is 0.456 e. The number of furan rings is 2. The third kappa shape index (κ3) is 6.08. The zero-order valence-corrected chi connectivity index (χ0v) is 42.0. The quantitative estimate of drug-likeness (QED) is 0.176. The van der Waals surface area contributed by atoms with Crippen LogP contribution in [-0.4, -0.2) is 18.3 Å². The van der Waals surface area contributed by atoms with Gasteiger partial charge in [-0.05, 0) is 121 Å². The van der Waals surface area contributed by atoms with Gasteiger partial charge in [0.2, 0.25) is 0 Å². The Bertz CT molecular complexity index is 5450. The van der Waals surface area contributed by atoms with E-state index in [1.54, 1.807) is 0 Å². The van der Waals surface area contributed by atoms with E-state index < -0.39 is 0 Å². The SMILES string of the molecule is c1ccc(-n2c3ccccc3c3cc(-n4c5ccccc5c5c6oc7ccccc7c6ccc54)ccc32)cc1.c1ccc(-n2c3ccccc3c3cc(-n4c5ccccc5c5ccc6oc7ccccc7c6c54)ccc32)cc1. The molecule has 78 heavy (non-hydrogen) atoms. The lowest BCUT2D eigenvalue weighted by molar-refractivity contribution is 0.669. The Morgan fingerprint density at radius 3 is 1.22 bits per heavy atom. The van der Waals surface area contributed by atoms with Gasteiger partial charge >= 0.3 is 0 Å². The first kappa shape index (κ1) is 42.8. The number of rotatable bonds is 4. The molecule has 18 rings (SSSR count). The summed E-state index contributed by atoms with van der Waals surface area (Å²) in [5, 5.41) is 14.4. The van der Waals surface area contributed by atoms with Crippen molar-refractivity contribution >= 4 is 131 Å². The van der Waals surface area contributed by atoms with E-state index in [0.29, 0.717) is 0 Å². The monoisotopic (exact) mass is 996 g/mol. The number of hydrogen-bond acceptors (Lipinski definition) is 2. The second kappa shape index (κ2) is 16.5. The molecule has 0 saturated heterocycles. The van der Waals surface area contributed by atoms with Crippen molar-refractivity contribution < 1.29 is 8.83 Å². The minimum Gasteiger partial charge on any atom is -0.456 e. The molecule has 0 spiro atoms. The Morgan fingerprint density at radius 2 is 0.615 bits per heavy atom. The van der Waals surface area contributed by atoms with E-state index in [4.69, 9.17) is 8.83 Å². The van der Waals surface area contributed by atoms with Gasteiger partial charge in [-0.2, -0.15) is 0 Å². The highest BCUT2D eigenvalue weighted by Crippen LogP contribution is 2.44. The van der Waals surface area contributed by atoms with Crippen molar-refractivity contribution in [3.05, 3.63) is 267 Å². The second-order valence-electron chi connectivity index (χ2n) is 20.4. The predicted octanol–water partition coefficient (Wildman–Crippen LogP) is 19.6. The van der Waals surface area contributed by atoms with Gasteiger partial charge in [0.1, 0.15) is 22.3 Å². The number of fused-ring (bicyclic) bond motifs is 20. The molecular formula is C72H44N4O2. The third-order valence-electron chi connectivity index (χ3n) is 16.2. The molecule has 0 aliphatic carbocycles. The Kier molecular flexibility index (Phi) is 9.03. The van der Waals surface area contributed by atoms with Crippen molar-refractivity contribution in [1.82, 2.24) is 18.3 Å². The number of nitrogens with zero attached hydrogens (tertiary/aromatic N) is 4. The third-order valence-corrected chi connectivity index (χ3v) is 16.2. The second-order valence-corrected chi connectivity index (χ2v) is 20.4. The van der Waals surface area contributed by atoms with Crippen LogP contribution in [0.15, 0.2) is 276 Å². The summed E-state index contributed by atoms with van der Waals surface area (Å²) >= 11 is 0. The number of aromatic nitrogens is 4. The zero-order chi connectivity index (χ0) is 51.0. The molecule has 0 amide bonds. The van der Waals surface area contributed by atoms with Crippen molar-refractivity contribution in [1.29, 1.82) is 0 Å². The summed E-state index contributed by atoms with van der Waals surface area (Å²) in [6.07, 6.45) is 0. The molecular weight excluding hydrogens is 953 g/mol. The first-order chi connectivity index (χ1) is 38.7. The fourth-order valence-corrected chi connectivity index (χ4v) is 13.0. The summed E-state index contributed by atoms with van der Waals surface area (Å²) in [5.41, 5.74) is 17.8. The number of hydrogen-bond donors (Lipinski definition) is 0. The molecule has 0 radical (unpaired) electrons. The normalized spacial score (nSPS) is 12.1. The van der Waals surface area contributed by atoms with E-state index in [9.17, 15) is 0 Å². The van der Waals surface area contributed by atoms with E-state index >= 15 is 0 Å². The Labute approximate surface area is 445 Å². The smallest absolute Gasteiger partial charge is 0.145 e. The van der Waals surface area contributed by atoms with E-state index in [1.807, 2.05) is 12.1 Å². The van der Waals surface area contributed by atoms with Crippen molar-refractivity contribution in [2.75, 3.05) is 0 Å². The van der Waals surface area contributed by atoms with Crippen LogP contribution < -0.4 is 0 Å². The molecule has 6 heteroatoms. The standard InChI is InChI=1S/2C36H22N2O/c1-2-10-23(11-3-1)37-30-15-7-5-13-26(30)29-22-24(18-20-32(29)37)38-31-16-8-4-12-25(31)27-19-21-34-35(36(27)38)28-14-6-9-17-33(28)39-34;1-2-10-23(11-3-1)37-30-15-7-4-12-25(30)29-22-24(18-20-32(29)37)38-31-16-8-5-14-28(31)35-33(38)21-19-27-26-13-6-9-17-34(26)39-36(27)35/h2*1-22H. The minimum absolute atomic E-state index is 0.912. The lowest BCUT2D eigenvalue weighted by Crippen LogP contribution is -1.96. The molecule has 6 nitrogen and oxygen atoms in total. The van der Waals surface area contributed by atoms with Gasteiger partial charge in [0.25, 0.3) is 0 Å². The topological polar surface area (TPSA) is 46.0 Å². The summed E-state index contributed by atoms with van der Waals surface area (Å²) < 4.78 is 22.3. The highest BCUT2D eigenvalue weighted by molar-refractivity contribution is 6.26. The molecule has 0 fully saturated rings. The molecule has 0 bridgehead atoms. The average molecular weight is 997 g/mol. The van der Waals surface area contributed by atoms with E-state index in [2.05, 4.69) is 273 Å². The van der Waals surface area contributed by atoms with Crippen molar-refractivity contribution in [2.45, 2.75) is 0 Å². The number of benzene rings is 12. The highest BCUT2D eigenvalue weighted by Gasteiger charge is 2.23. The van der Waals surface area contributed by atoms with E-state index in [-0.39, 0.29) is 0 Å². The van der Waals surface area contributed by atoms with Crippen LogP contribution in [0.2, 0.25) is 0 Å². The van der Waals surface area contributed by atoms with Crippen LogP contribution in [0.25, 0.3) is 154 Å². The molecule has 0 unspecified atom stereocenters. The van der Waals surface area contributed by atoms with Crippen LogP contribution in [-0.2, 0) is 0 Å². The van der Waals surface area contributed by atoms with Gasteiger partial charge in [0, 0.05) is 76.6 Å². The molecule has 6 aromatic heterocycles. The van der Waals surface area contributed by atoms with Gasteiger partial charge in [0.15, 0.2) is 0 Å². The maximum atomic E-state index is 6.49. The summed E-state index contributed by atoms with van der Waals surface area (Å²) in [6, 6.07) is 95.1. The molecule has 0 saturated carbocycles. The molecule has 0 aliphatic rings. The summed E-state index contributed by atoms with van der Waals surface area (Å²) in [6.45, 7) is 0. The minimum atomic E-state index is 0.912. The van der Waals surface area contributed by atoms with Crippen LogP contribution in [0.4, 0.5) is 0 Å². The predicted molar refractivity (Wildman–Crippen MR) is 325 cm³/mol. The molecule has 6 heterocycles.